The molecule has 1 unspecified atom stereocenters. The number of nitrogens with zero attached hydrogens (tertiary/aromatic N) is 1. The summed E-state index contributed by atoms with van der Waals surface area (Å²) in [5.74, 6) is 0.349. The van der Waals surface area contributed by atoms with Gasteiger partial charge in [-0.25, -0.2) is 4.39 Å². The molecule has 16 heavy (non-hydrogen) atoms. The fourth-order valence-corrected chi connectivity index (χ4v) is 1.81. The van der Waals surface area contributed by atoms with Crippen molar-refractivity contribution in [1.82, 2.24) is 0 Å². The Morgan fingerprint density at radius 3 is 2.81 bits per heavy atom. The van der Waals surface area contributed by atoms with Crippen molar-refractivity contribution in [1.29, 1.82) is 5.26 Å². The minimum atomic E-state index is -0.535. The molecular weight excluding hydrogens is 273 g/mol. The maximum atomic E-state index is 13.2. The summed E-state index contributed by atoms with van der Waals surface area (Å²) in [6.45, 7) is 2.63. The topological polar surface area (TPSA) is 33.0 Å². The third kappa shape index (κ3) is 3.49. The van der Waals surface area contributed by atoms with E-state index >= 15 is 0 Å². The first-order valence-electron chi connectivity index (χ1n) is 5.09. The zero-order valence-electron chi connectivity index (χ0n) is 9.04. The van der Waals surface area contributed by atoms with E-state index in [0.29, 0.717) is 18.3 Å². The molecule has 0 radical (unpaired) electrons. The van der Waals surface area contributed by atoms with Crippen LogP contribution in [0.1, 0.15) is 18.9 Å². The molecule has 0 aliphatic carbocycles. The van der Waals surface area contributed by atoms with E-state index in [-0.39, 0.29) is 5.56 Å². The first kappa shape index (κ1) is 13.0. The molecule has 0 aliphatic heterocycles. The molecular formula is C12H13BrFNO. The number of rotatable bonds is 5. The van der Waals surface area contributed by atoms with Gasteiger partial charge in [0.15, 0.2) is 0 Å². The molecule has 4 heteroatoms. The lowest BCUT2D eigenvalue weighted by atomic mass is 10.1. The maximum absolute atomic E-state index is 13.2. The van der Waals surface area contributed by atoms with Gasteiger partial charge in [-0.05, 0) is 18.6 Å². The molecule has 0 saturated carbocycles. The quantitative estimate of drug-likeness (QED) is 0.776. The molecule has 1 aromatic rings. The fourth-order valence-electron chi connectivity index (χ4n) is 1.16. The Hall–Kier alpha value is -1.08. The summed E-state index contributed by atoms with van der Waals surface area (Å²) in [6.07, 6.45) is 1.00. The van der Waals surface area contributed by atoms with E-state index in [1.165, 1.54) is 12.1 Å². The molecule has 0 amide bonds. The summed E-state index contributed by atoms with van der Waals surface area (Å²) in [4.78, 5) is 0. The van der Waals surface area contributed by atoms with Crippen molar-refractivity contribution in [3.05, 3.63) is 29.6 Å². The first-order valence-corrected chi connectivity index (χ1v) is 6.21. The summed E-state index contributed by atoms with van der Waals surface area (Å²) < 4.78 is 18.7. The van der Waals surface area contributed by atoms with E-state index in [1.807, 2.05) is 0 Å². The fraction of sp³-hybridized carbons (Fsp3) is 0.417. The zero-order chi connectivity index (χ0) is 12.0. The molecule has 0 N–H and O–H groups in total. The van der Waals surface area contributed by atoms with Crippen LogP contribution in [0.15, 0.2) is 18.2 Å². The van der Waals surface area contributed by atoms with Gasteiger partial charge in [-0.2, -0.15) is 5.26 Å². The third-order valence-corrected chi connectivity index (χ3v) is 3.26. The molecule has 0 heterocycles. The van der Waals surface area contributed by atoms with Crippen LogP contribution in [-0.4, -0.2) is 11.9 Å². The Labute approximate surface area is 103 Å². The second-order valence-corrected chi connectivity index (χ2v) is 4.14. The van der Waals surface area contributed by atoms with Crippen LogP contribution in [0.3, 0.4) is 0 Å². The number of benzene rings is 1. The largest absolute Gasteiger partial charge is 0.493 e. The second kappa shape index (κ2) is 6.49. The second-order valence-electron chi connectivity index (χ2n) is 3.49. The van der Waals surface area contributed by atoms with Crippen LogP contribution >= 0.6 is 15.9 Å². The Morgan fingerprint density at radius 2 is 2.31 bits per heavy atom. The minimum absolute atomic E-state index is 0.0416. The first-order chi connectivity index (χ1) is 7.71. The number of ether oxygens (including phenoxy) is 1. The summed E-state index contributed by atoms with van der Waals surface area (Å²) in [6, 6.07) is 6.07. The smallest absolute Gasteiger partial charge is 0.144 e. The van der Waals surface area contributed by atoms with Crippen LogP contribution in [0, 0.1) is 23.1 Å². The molecule has 0 aromatic heterocycles. The highest BCUT2D eigenvalue weighted by Crippen LogP contribution is 2.17. The van der Waals surface area contributed by atoms with Gasteiger partial charge in [0.1, 0.15) is 17.6 Å². The van der Waals surface area contributed by atoms with Crippen LogP contribution in [0.4, 0.5) is 4.39 Å². The van der Waals surface area contributed by atoms with E-state index in [1.54, 1.807) is 12.1 Å². The van der Waals surface area contributed by atoms with Gasteiger partial charge in [-0.15, -0.1) is 0 Å². The average molecular weight is 286 g/mol. The van der Waals surface area contributed by atoms with Crippen LogP contribution in [-0.2, 0) is 0 Å². The van der Waals surface area contributed by atoms with Gasteiger partial charge in [0.2, 0.25) is 0 Å². The highest BCUT2D eigenvalue weighted by molar-refractivity contribution is 9.09. The van der Waals surface area contributed by atoms with Crippen LogP contribution in [0.2, 0.25) is 0 Å². The molecule has 0 bridgehead atoms. The van der Waals surface area contributed by atoms with E-state index in [0.717, 1.165) is 11.8 Å². The van der Waals surface area contributed by atoms with Gasteiger partial charge in [0.25, 0.3) is 0 Å². The maximum Gasteiger partial charge on any atom is 0.144 e. The van der Waals surface area contributed by atoms with Crippen molar-refractivity contribution in [3.8, 4) is 11.8 Å². The normalized spacial score (nSPS) is 11.9. The van der Waals surface area contributed by atoms with E-state index in [2.05, 4.69) is 22.9 Å². The summed E-state index contributed by atoms with van der Waals surface area (Å²) in [5.41, 5.74) is 0.0416. The third-order valence-electron chi connectivity index (χ3n) is 2.34. The number of hydrogen-bond acceptors (Lipinski definition) is 2. The summed E-state index contributed by atoms with van der Waals surface area (Å²) in [7, 11) is 0. The van der Waals surface area contributed by atoms with Crippen molar-refractivity contribution in [2.75, 3.05) is 11.9 Å². The number of hydrogen-bond donors (Lipinski definition) is 0. The molecule has 0 saturated heterocycles. The molecule has 0 spiro atoms. The molecule has 86 valence electrons. The molecule has 1 aromatic carbocycles. The minimum Gasteiger partial charge on any atom is -0.493 e. The van der Waals surface area contributed by atoms with Crippen LogP contribution in [0.5, 0.6) is 5.75 Å². The van der Waals surface area contributed by atoms with E-state index < -0.39 is 5.82 Å². The Kier molecular flexibility index (Phi) is 5.27. The number of alkyl halides is 1. The van der Waals surface area contributed by atoms with Gasteiger partial charge in [0.05, 0.1) is 12.2 Å². The SMILES string of the molecule is CCC(CBr)COc1ccc(C#N)c(F)c1. The Balaban J connectivity index is 2.62. The van der Waals surface area contributed by atoms with Crippen LogP contribution in [0.25, 0.3) is 0 Å². The number of halogens is 2. The molecule has 2 nitrogen and oxygen atoms in total. The predicted octanol–water partition coefficient (Wildman–Crippen LogP) is 3.50. The van der Waals surface area contributed by atoms with Gasteiger partial charge >= 0.3 is 0 Å². The average Bonchev–Trinajstić information content (AvgIpc) is 2.30. The van der Waals surface area contributed by atoms with Crippen molar-refractivity contribution < 1.29 is 9.13 Å². The predicted molar refractivity (Wildman–Crippen MR) is 64.2 cm³/mol. The standard InChI is InChI=1S/C12H13BrFNO/c1-2-9(6-13)8-16-11-4-3-10(7-15)12(14)5-11/h3-5,9H,2,6,8H2,1H3. The summed E-state index contributed by atoms with van der Waals surface area (Å²) >= 11 is 3.39. The Morgan fingerprint density at radius 1 is 1.56 bits per heavy atom. The van der Waals surface area contributed by atoms with E-state index in [9.17, 15) is 4.39 Å². The molecule has 1 rings (SSSR count). The van der Waals surface area contributed by atoms with Gasteiger partial charge in [-0.1, -0.05) is 22.9 Å². The Bertz CT molecular complexity index is 385. The lowest BCUT2D eigenvalue weighted by Crippen LogP contribution is -2.12. The monoisotopic (exact) mass is 285 g/mol. The van der Waals surface area contributed by atoms with Crippen molar-refractivity contribution in [2.45, 2.75) is 13.3 Å². The number of nitriles is 1. The van der Waals surface area contributed by atoms with Crippen LogP contribution < -0.4 is 4.74 Å². The lowest BCUT2D eigenvalue weighted by Gasteiger charge is -2.13. The molecule has 0 aliphatic rings. The van der Waals surface area contributed by atoms with Crippen molar-refractivity contribution in [2.24, 2.45) is 5.92 Å². The zero-order valence-corrected chi connectivity index (χ0v) is 10.6. The lowest BCUT2D eigenvalue weighted by molar-refractivity contribution is 0.259. The van der Waals surface area contributed by atoms with Gasteiger partial charge < -0.3 is 4.74 Å². The molecule has 1 atom stereocenters. The van der Waals surface area contributed by atoms with E-state index in [4.69, 9.17) is 10.00 Å². The van der Waals surface area contributed by atoms with Crippen molar-refractivity contribution >= 4 is 15.9 Å². The summed E-state index contributed by atoms with van der Waals surface area (Å²) in [5, 5.41) is 9.43. The van der Waals surface area contributed by atoms with Crippen molar-refractivity contribution in [3.63, 3.8) is 0 Å². The van der Waals surface area contributed by atoms with Gasteiger partial charge in [0, 0.05) is 17.3 Å². The highest BCUT2D eigenvalue weighted by Gasteiger charge is 2.07. The molecule has 0 fully saturated rings. The highest BCUT2D eigenvalue weighted by atomic mass is 79.9. The van der Waals surface area contributed by atoms with Gasteiger partial charge in [-0.3, -0.25) is 0 Å².